The van der Waals surface area contributed by atoms with Crippen molar-refractivity contribution in [1.29, 1.82) is 0 Å². The predicted molar refractivity (Wildman–Crippen MR) is 105 cm³/mol. The lowest BCUT2D eigenvalue weighted by Gasteiger charge is -2.32. The third-order valence-electron chi connectivity index (χ3n) is 4.61. The van der Waals surface area contributed by atoms with Gasteiger partial charge in [0.15, 0.2) is 0 Å². The van der Waals surface area contributed by atoms with Gasteiger partial charge in [-0.1, -0.05) is 48.5 Å². The fourth-order valence-electron chi connectivity index (χ4n) is 3.15. The lowest BCUT2D eigenvalue weighted by atomic mass is 10.0. The SMILES string of the molecule is CC(Sc1ccccc1)C(=O)NC1CCN(Cc2ccccc2)CC1. The van der Waals surface area contributed by atoms with Crippen LogP contribution < -0.4 is 5.32 Å². The third kappa shape index (κ3) is 5.62. The molecule has 3 nitrogen and oxygen atoms in total. The number of hydrogen-bond donors (Lipinski definition) is 1. The number of nitrogens with zero attached hydrogens (tertiary/aromatic N) is 1. The van der Waals surface area contributed by atoms with Crippen molar-refractivity contribution in [2.24, 2.45) is 0 Å². The van der Waals surface area contributed by atoms with Crippen LogP contribution in [0, 0.1) is 0 Å². The second-order valence-corrected chi connectivity index (χ2v) is 8.03. The summed E-state index contributed by atoms with van der Waals surface area (Å²) in [7, 11) is 0. The molecule has 0 bridgehead atoms. The monoisotopic (exact) mass is 354 g/mol. The first-order valence-corrected chi connectivity index (χ1v) is 9.87. The third-order valence-corrected chi connectivity index (χ3v) is 5.72. The summed E-state index contributed by atoms with van der Waals surface area (Å²) < 4.78 is 0. The van der Waals surface area contributed by atoms with Gasteiger partial charge < -0.3 is 5.32 Å². The molecule has 1 aliphatic heterocycles. The highest BCUT2D eigenvalue weighted by atomic mass is 32.2. The Kier molecular flexibility index (Phi) is 6.54. The minimum atomic E-state index is -0.0650. The second kappa shape index (κ2) is 9.07. The summed E-state index contributed by atoms with van der Waals surface area (Å²) >= 11 is 1.62. The minimum absolute atomic E-state index is 0.0650. The molecule has 0 spiro atoms. The number of amides is 1. The summed E-state index contributed by atoms with van der Waals surface area (Å²) in [6.07, 6.45) is 2.06. The zero-order chi connectivity index (χ0) is 17.5. The van der Waals surface area contributed by atoms with E-state index in [1.165, 1.54) is 5.56 Å². The predicted octanol–water partition coefficient (Wildman–Crippen LogP) is 3.95. The molecule has 1 N–H and O–H groups in total. The van der Waals surface area contributed by atoms with Crippen LogP contribution in [0.25, 0.3) is 0 Å². The van der Waals surface area contributed by atoms with Crippen molar-refractivity contribution < 1.29 is 4.79 Å². The second-order valence-electron chi connectivity index (χ2n) is 6.62. The van der Waals surface area contributed by atoms with E-state index < -0.39 is 0 Å². The van der Waals surface area contributed by atoms with Gasteiger partial charge in [-0.05, 0) is 37.5 Å². The molecule has 25 heavy (non-hydrogen) atoms. The maximum Gasteiger partial charge on any atom is 0.233 e. The lowest BCUT2D eigenvalue weighted by molar-refractivity contribution is -0.121. The largest absolute Gasteiger partial charge is 0.352 e. The van der Waals surface area contributed by atoms with E-state index in [0.29, 0.717) is 6.04 Å². The van der Waals surface area contributed by atoms with E-state index in [-0.39, 0.29) is 11.2 Å². The molecule has 2 aromatic rings. The fourth-order valence-corrected chi connectivity index (χ4v) is 4.05. The minimum Gasteiger partial charge on any atom is -0.352 e. The Morgan fingerprint density at radius 1 is 1.08 bits per heavy atom. The van der Waals surface area contributed by atoms with E-state index in [9.17, 15) is 4.79 Å². The first-order valence-electron chi connectivity index (χ1n) is 8.99. The van der Waals surface area contributed by atoms with Crippen LogP contribution in [0.2, 0.25) is 0 Å². The van der Waals surface area contributed by atoms with Gasteiger partial charge in [-0.3, -0.25) is 9.69 Å². The van der Waals surface area contributed by atoms with E-state index in [1.54, 1.807) is 11.8 Å². The van der Waals surface area contributed by atoms with Gasteiger partial charge in [0.25, 0.3) is 0 Å². The molecule has 1 atom stereocenters. The summed E-state index contributed by atoms with van der Waals surface area (Å²) in [4.78, 5) is 16.1. The van der Waals surface area contributed by atoms with Crippen molar-refractivity contribution in [2.45, 2.75) is 42.5 Å². The molecule has 2 aromatic carbocycles. The van der Waals surface area contributed by atoms with Crippen LogP contribution >= 0.6 is 11.8 Å². The lowest BCUT2D eigenvalue weighted by Crippen LogP contribution is -2.46. The molecule has 1 unspecified atom stereocenters. The number of nitrogens with one attached hydrogen (secondary N) is 1. The van der Waals surface area contributed by atoms with E-state index in [1.807, 2.05) is 25.1 Å². The van der Waals surface area contributed by atoms with E-state index in [0.717, 1.165) is 37.4 Å². The first kappa shape index (κ1) is 18.0. The average Bonchev–Trinajstić information content (AvgIpc) is 2.65. The Morgan fingerprint density at radius 2 is 1.68 bits per heavy atom. The smallest absolute Gasteiger partial charge is 0.233 e. The molecule has 0 radical (unpaired) electrons. The van der Waals surface area contributed by atoms with Crippen LogP contribution in [0.1, 0.15) is 25.3 Å². The van der Waals surface area contributed by atoms with Gasteiger partial charge in [0.2, 0.25) is 5.91 Å². The molecule has 3 rings (SSSR count). The number of rotatable bonds is 6. The summed E-state index contributed by atoms with van der Waals surface area (Å²) in [5, 5.41) is 3.17. The highest BCUT2D eigenvalue weighted by Gasteiger charge is 2.23. The zero-order valence-electron chi connectivity index (χ0n) is 14.7. The van der Waals surface area contributed by atoms with Crippen molar-refractivity contribution in [1.82, 2.24) is 10.2 Å². The molecule has 1 fully saturated rings. The standard InChI is InChI=1S/C21H26N2OS/c1-17(25-20-10-6-3-7-11-20)21(24)22-19-12-14-23(15-13-19)16-18-8-4-2-5-9-18/h2-11,17,19H,12-16H2,1H3,(H,22,24). The zero-order valence-corrected chi connectivity index (χ0v) is 15.5. The Balaban J connectivity index is 1.41. The van der Waals surface area contributed by atoms with Crippen LogP contribution in [0.15, 0.2) is 65.6 Å². The summed E-state index contributed by atoms with van der Waals surface area (Å²) in [5.41, 5.74) is 1.36. The highest BCUT2D eigenvalue weighted by Crippen LogP contribution is 2.23. The maximum atomic E-state index is 12.4. The van der Waals surface area contributed by atoms with Crippen molar-refractivity contribution in [3.63, 3.8) is 0 Å². The number of thioether (sulfide) groups is 1. The van der Waals surface area contributed by atoms with Gasteiger partial charge in [-0.25, -0.2) is 0 Å². The Labute approximate surface area is 154 Å². The molecule has 1 amide bonds. The van der Waals surface area contributed by atoms with Gasteiger partial charge in [-0.15, -0.1) is 11.8 Å². The number of carbonyl (C=O) groups is 1. The topological polar surface area (TPSA) is 32.3 Å². The average molecular weight is 355 g/mol. The quantitative estimate of drug-likeness (QED) is 0.797. The molecule has 4 heteroatoms. The van der Waals surface area contributed by atoms with Crippen molar-refractivity contribution in [2.75, 3.05) is 13.1 Å². The molecular formula is C21H26N2OS. The molecule has 0 aliphatic carbocycles. The van der Waals surface area contributed by atoms with Gasteiger partial charge in [0.05, 0.1) is 5.25 Å². The van der Waals surface area contributed by atoms with Crippen LogP contribution in [0.5, 0.6) is 0 Å². The van der Waals surface area contributed by atoms with Gasteiger partial charge in [-0.2, -0.15) is 0 Å². The summed E-state index contributed by atoms with van der Waals surface area (Å²) in [6.45, 7) is 5.07. The van der Waals surface area contributed by atoms with E-state index in [4.69, 9.17) is 0 Å². The van der Waals surface area contributed by atoms with Gasteiger partial charge >= 0.3 is 0 Å². The van der Waals surface area contributed by atoms with Crippen LogP contribution in [-0.2, 0) is 11.3 Å². The van der Waals surface area contributed by atoms with Crippen LogP contribution in [0.4, 0.5) is 0 Å². The normalized spacial score (nSPS) is 17.2. The summed E-state index contributed by atoms with van der Waals surface area (Å²) in [6, 6.07) is 21.0. The Bertz CT molecular complexity index is 654. The van der Waals surface area contributed by atoms with Gasteiger partial charge in [0.1, 0.15) is 0 Å². The molecule has 132 valence electrons. The fraction of sp³-hybridized carbons (Fsp3) is 0.381. The first-order chi connectivity index (χ1) is 12.2. The van der Waals surface area contributed by atoms with Crippen molar-refractivity contribution in [3.05, 3.63) is 66.2 Å². The Hall–Kier alpha value is -1.78. The number of likely N-dealkylation sites (tertiary alicyclic amines) is 1. The molecule has 0 aromatic heterocycles. The maximum absolute atomic E-state index is 12.4. The van der Waals surface area contributed by atoms with E-state index >= 15 is 0 Å². The van der Waals surface area contributed by atoms with E-state index in [2.05, 4.69) is 52.7 Å². The van der Waals surface area contributed by atoms with Crippen LogP contribution in [-0.4, -0.2) is 35.2 Å². The highest BCUT2D eigenvalue weighted by molar-refractivity contribution is 8.00. The van der Waals surface area contributed by atoms with Crippen molar-refractivity contribution >= 4 is 17.7 Å². The number of piperidine rings is 1. The number of carbonyl (C=O) groups excluding carboxylic acids is 1. The molecule has 1 heterocycles. The Morgan fingerprint density at radius 3 is 2.32 bits per heavy atom. The molecule has 1 saturated heterocycles. The van der Waals surface area contributed by atoms with Crippen LogP contribution in [0.3, 0.4) is 0 Å². The molecule has 1 aliphatic rings. The summed E-state index contributed by atoms with van der Waals surface area (Å²) in [5.74, 6) is 0.148. The van der Waals surface area contributed by atoms with Crippen molar-refractivity contribution in [3.8, 4) is 0 Å². The molecule has 0 saturated carbocycles. The number of benzene rings is 2. The van der Waals surface area contributed by atoms with Gasteiger partial charge in [0, 0.05) is 30.6 Å². The number of hydrogen-bond acceptors (Lipinski definition) is 3. The molecular weight excluding hydrogens is 328 g/mol.